The Hall–Kier alpha value is -2.72. The highest BCUT2D eigenvalue weighted by Crippen LogP contribution is 2.19. The van der Waals surface area contributed by atoms with E-state index in [0.29, 0.717) is 5.69 Å². The van der Waals surface area contributed by atoms with Crippen molar-refractivity contribution < 1.29 is 23.1 Å². The molecule has 0 unspecified atom stereocenters. The highest BCUT2D eigenvalue weighted by Gasteiger charge is 2.31. The fourth-order valence-electron chi connectivity index (χ4n) is 2.86. The summed E-state index contributed by atoms with van der Waals surface area (Å²) < 4.78 is 26.7. The van der Waals surface area contributed by atoms with E-state index < -0.39 is 16.0 Å². The van der Waals surface area contributed by atoms with Gasteiger partial charge in [-0.25, -0.2) is 13.2 Å². The molecule has 10 heteroatoms. The summed E-state index contributed by atoms with van der Waals surface area (Å²) in [7, 11) is -3.74. The van der Waals surface area contributed by atoms with Crippen LogP contribution < -0.4 is 0 Å². The van der Waals surface area contributed by atoms with E-state index in [1.807, 2.05) is 6.92 Å². The number of aromatic carboxylic acids is 1. The van der Waals surface area contributed by atoms with E-state index in [9.17, 15) is 18.0 Å². The molecule has 0 spiro atoms. The zero-order chi connectivity index (χ0) is 19.6. The molecule has 27 heavy (non-hydrogen) atoms. The summed E-state index contributed by atoms with van der Waals surface area (Å²) >= 11 is 0. The Morgan fingerprint density at radius 2 is 1.78 bits per heavy atom. The number of sulfonamides is 1. The van der Waals surface area contributed by atoms with Crippen molar-refractivity contribution in [2.45, 2.75) is 18.2 Å². The predicted molar refractivity (Wildman–Crippen MR) is 96.0 cm³/mol. The Labute approximate surface area is 156 Å². The minimum atomic E-state index is -3.74. The maximum Gasteiger partial charge on any atom is 0.335 e. The summed E-state index contributed by atoms with van der Waals surface area (Å²) in [4.78, 5) is 25.0. The van der Waals surface area contributed by atoms with Gasteiger partial charge in [0.1, 0.15) is 5.69 Å². The Morgan fingerprint density at radius 1 is 1.15 bits per heavy atom. The number of hydrogen-bond acceptors (Lipinski definition) is 5. The van der Waals surface area contributed by atoms with Gasteiger partial charge in [-0.2, -0.15) is 9.40 Å². The van der Waals surface area contributed by atoms with Crippen molar-refractivity contribution in [1.82, 2.24) is 19.4 Å². The van der Waals surface area contributed by atoms with Gasteiger partial charge < -0.3 is 10.0 Å². The summed E-state index contributed by atoms with van der Waals surface area (Å²) in [5.74, 6) is -1.34. The fourth-order valence-corrected chi connectivity index (χ4v) is 4.29. The zero-order valence-electron chi connectivity index (χ0n) is 14.8. The second-order valence-corrected chi connectivity index (χ2v) is 8.10. The molecule has 0 saturated carbocycles. The molecule has 1 amide bonds. The molecule has 0 radical (unpaired) electrons. The lowest BCUT2D eigenvalue weighted by Crippen LogP contribution is -2.50. The molecule has 144 valence electrons. The molecule has 3 rings (SSSR count). The second kappa shape index (κ2) is 7.49. The Balaban J connectivity index is 1.67. The lowest BCUT2D eigenvalue weighted by molar-refractivity contribution is 0.0686. The van der Waals surface area contributed by atoms with Crippen LogP contribution in [-0.2, 0) is 16.4 Å². The number of aromatic amines is 1. The van der Waals surface area contributed by atoms with Crippen LogP contribution in [0.2, 0.25) is 0 Å². The molecule has 2 aromatic rings. The van der Waals surface area contributed by atoms with Crippen LogP contribution in [0.15, 0.2) is 35.2 Å². The van der Waals surface area contributed by atoms with Crippen LogP contribution in [0.4, 0.5) is 0 Å². The van der Waals surface area contributed by atoms with Gasteiger partial charge in [-0.3, -0.25) is 9.89 Å². The average Bonchev–Trinajstić information content (AvgIpc) is 3.17. The van der Waals surface area contributed by atoms with Gasteiger partial charge in [0.2, 0.25) is 10.0 Å². The molecule has 9 nitrogen and oxygen atoms in total. The average molecular weight is 392 g/mol. The quantitative estimate of drug-likeness (QED) is 0.776. The summed E-state index contributed by atoms with van der Waals surface area (Å²) in [6, 6.07) is 6.80. The van der Waals surface area contributed by atoms with Gasteiger partial charge in [0, 0.05) is 31.9 Å². The molecule has 1 aliphatic heterocycles. The van der Waals surface area contributed by atoms with Crippen LogP contribution in [0, 0.1) is 0 Å². The van der Waals surface area contributed by atoms with Gasteiger partial charge in [-0.15, -0.1) is 0 Å². The summed E-state index contributed by atoms with van der Waals surface area (Å²) in [5.41, 5.74) is 1.21. The number of carboxylic acid groups (broad SMARTS) is 1. The molecule has 1 aliphatic rings. The van der Waals surface area contributed by atoms with E-state index in [1.165, 1.54) is 28.6 Å². The Morgan fingerprint density at radius 3 is 2.30 bits per heavy atom. The van der Waals surface area contributed by atoms with Crippen LogP contribution in [0.5, 0.6) is 0 Å². The second-order valence-electron chi connectivity index (χ2n) is 6.16. The van der Waals surface area contributed by atoms with Crippen LogP contribution in [0.1, 0.15) is 33.5 Å². The maximum atomic E-state index is 12.7. The number of hydrogen-bond donors (Lipinski definition) is 2. The summed E-state index contributed by atoms with van der Waals surface area (Å²) in [5, 5.41) is 15.7. The summed E-state index contributed by atoms with van der Waals surface area (Å²) in [6.07, 6.45) is 0.743. The van der Waals surface area contributed by atoms with E-state index in [4.69, 9.17) is 5.11 Å². The Bertz CT molecular complexity index is 944. The van der Waals surface area contributed by atoms with Crippen LogP contribution in [0.3, 0.4) is 0 Å². The maximum absolute atomic E-state index is 12.7. The third-order valence-corrected chi connectivity index (χ3v) is 6.41. The van der Waals surface area contributed by atoms with E-state index >= 15 is 0 Å². The number of nitrogens with one attached hydrogen (secondary N) is 1. The molecule has 0 bridgehead atoms. The van der Waals surface area contributed by atoms with Gasteiger partial charge in [-0.05, 0) is 36.8 Å². The van der Waals surface area contributed by atoms with Crippen molar-refractivity contribution in [2.24, 2.45) is 0 Å². The molecular formula is C17H20N4O5S. The fraction of sp³-hybridized carbons (Fsp3) is 0.353. The number of amides is 1. The third-order valence-electron chi connectivity index (χ3n) is 4.50. The normalized spacial score (nSPS) is 15.7. The largest absolute Gasteiger partial charge is 0.478 e. The number of carbonyl (C=O) groups excluding carboxylic acids is 1. The first kappa shape index (κ1) is 19.1. The monoisotopic (exact) mass is 392 g/mol. The van der Waals surface area contributed by atoms with Crippen molar-refractivity contribution in [3.8, 4) is 0 Å². The van der Waals surface area contributed by atoms with Crippen molar-refractivity contribution in [2.75, 3.05) is 26.2 Å². The van der Waals surface area contributed by atoms with Crippen LogP contribution >= 0.6 is 0 Å². The van der Waals surface area contributed by atoms with E-state index in [0.717, 1.165) is 12.1 Å². The number of carboxylic acids is 1. The number of H-pyrrole nitrogens is 1. The SMILES string of the molecule is CCc1cc(C(=O)N2CCN(S(=O)(=O)c3ccc(C(=O)O)cc3)CC2)n[nH]1. The standard InChI is InChI=1S/C17H20N4O5S/c1-2-13-11-15(19-18-13)16(22)20-7-9-21(10-8-20)27(25,26)14-5-3-12(4-6-14)17(23)24/h3-6,11H,2,7-10H2,1H3,(H,18,19)(H,23,24). The highest BCUT2D eigenvalue weighted by molar-refractivity contribution is 7.89. The third kappa shape index (κ3) is 3.86. The van der Waals surface area contributed by atoms with Crippen molar-refractivity contribution in [3.63, 3.8) is 0 Å². The minimum Gasteiger partial charge on any atom is -0.478 e. The number of benzene rings is 1. The van der Waals surface area contributed by atoms with E-state index in [1.54, 1.807) is 11.0 Å². The molecular weight excluding hydrogens is 372 g/mol. The molecule has 1 fully saturated rings. The molecule has 1 saturated heterocycles. The van der Waals surface area contributed by atoms with Crippen LogP contribution in [-0.4, -0.2) is 71.0 Å². The number of nitrogens with zero attached hydrogens (tertiary/aromatic N) is 3. The number of aryl methyl sites for hydroxylation is 1. The molecule has 1 aromatic carbocycles. The van der Waals surface area contributed by atoms with E-state index in [-0.39, 0.29) is 42.5 Å². The Kier molecular flexibility index (Phi) is 5.29. The van der Waals surface area contributed by atoms with Gasteiger partial charge in [0.15, 0.2) is 0 Å². The first-order valence-electron chi connectivity index (χ1n) is 8.50. The number of piperazine rings is 1. The zero-order valence-corrected chi connectivity index (χ0v) is 15.6. The van der Waals surface area contributed by atoms with Gasteiger partial charge in [0.25, 0.3) is 5.91 Å². The molecule has 1 aromatic heterocycles. The highest BCUT2D eigenvalue weighted by atomic mass is 32.2. The first-order chi connectivity index (χ1) is 12.8. The lowest BCUT2D eigenvalue weighted by atomic mass is 10.2. The molecule has 0 atom stereocenters. The minimum absolute atomic E-state index is 0.0230. The predicted octanol–water partition coefficient (Wildman–Crippen LogP) is 0.817. The van der Waals surface area contributed by atoms with Gasteiger partial charge >= 0.3 is 5.97 Å². The lowest BCUT2D eigenvalue weighted by Gasteiger charge is -2.33. The van der Waals surface area contributed by atoms with E-state index in [2.05, 4.69) is 10.2 Å². The number of carbonyl (C=O) groups is 2. The number of aromatic nitrogens is 2. The smallest absolute Gasteiger partial charge is 0.335 e. The van der Waals surface area contributed by atoms with Gasteiger partial charge in [-0.1, -0.05) is 6.92 Å². The van der Waals surface area contributed by atoms with Crippen molar-refractivity contribution in [1.29, 1.82) is 0 Å². The molecule has 2 heterocycles. The van der Waals surface area contributed by atoms with Crippen LogP contribution in [0.25, 0.3) is 0 Å². The van der Waals surface area contributed by atoms with Gasteiger partial charge in [0.05, 0.1) is 10.5 Å². The number of rotatable bonds is 5. The molecule has 0 aliphatic carbocycles. The van der Waals surface area contributed by atoms with Crippen molar-refractivity contribution in [3.05, 3.63) is 47.3 Å². The topological polar surface area (TPSA) is 124 Å². The first-order valence-corrected chi connectivity index (χ1v) is 9.94. The summed E-state index contributed by atoms with van der Waals surface area (Å²) in [6.45, 7) is 2.81. The van der Waals surface area contributed by atoms with Crippen molar-refractivity contribution >= 4 is 21.9 Å². The molecule has 2 N–H and O–H groups in total.